The van der Waals surface area contributed by atoms with Crippen molar-refractivity contribution in [3.05, 3.63) is 71.3 Å². The molecule has 1 saturated heterocycles. The van der Waals surface area contributed by atoms with E-state index in [1.807, 2.05) is 18.2 Å². The van der Waals surface area contributed by atoms with Crippen molar-refractivity contribution < 1.29 is 4.79 Å². The van der Waals surface area contributed by atoms with Gasteiger partial charge in [-0.25, -0.2) is 0 Å². The minimum atomic E-state index is 0. The molecule has 0 saturated carbocycles. The predicted octanol–water partition coefficient (Wildman–Crippen LogP) is 3.33. The summed E-state index contributed by atoms with van der Waals surface area (Å²) in [6, 6.07) is 18.5. The zero-order valence-electron chi connectivity index (χ0n) is 19.5. The number of hydrogen-bond acceptors (Lipinski definition) is 3. The van der Waals surface area contributed by atoms with Crippen molar-refractivity contribution in [2.45, 2.75) is 19.9 Å². The Hall–Kier alpha value is -2.13. The number of halogens is 1. The number of carbonyl (C=O) groups is 1. The van der Waals surface area contributed by atoms with Crippen LogP contribution in [0.3, 0.4) is 0 Å². The average molecular weight is 550 g/mol. The van der Waals surface area contributed by atoms with Crippen LogP contribution in [0, 0.1) is 0 Å². The van der Waals surface area contributed by atoms with E-state index in [1.165, 1.54) is 5.56 Å². The van der Waals surface area contributed by atoms with Crippen LogP contribution < -0.4 is 5.32 Å². The van der Waals surface area contributed by atoms with Crippen LogP contribution in [-0.2, 0) is 13.0 Å². The average Bonchev–Trinajstić information content (AvgIpc) is 2.79. The number of hydrogen-bond donors (Lipinski definition) is 1. The monoisotopic (exact) mass is 549 g/mol. The SMILES string of the molecule is CCNC(=NCCc1cccc(C(=O)N(C)C)c1)N1CCN(Cc2ccccc2)CC1.I. The maximum Gasteiger partial charge on any atom is 0.253 e. The van der Waals surface area contributed by atoms with Crippen LogP contribution >= 0.6 is 24.0 Å². The number of guanidine groups is 1. The quantitative estimate of drug-likeness (QED) is 0.327. The highest BCUT2D eigenvalue weighted by atomic mass is 127. The van der Waals surface area contributed by atoms with Crippen LogP contribution in [0.1, 0.15) is 28.4 Å². The van der Waals surface area contributed by atoms with Gasteiger partial charge in [0.1, 0.15) is 0 Å². The Bertz CT molecular complexity index is 864. The van der Waals surface area contributed by atoms with Crippen LogP contribution in [0.5, 0.6) is 0 Å². The summed E-state index contributed by atoms with van der Waals surface area (Å²) in [6.45, 7) is 8.70. The molecule has 0 aromatic heterocycles. The third-order valence-corrected chi connectivity index (χ3v) is 5.50. The number of carbonyl (C=O) groups excluding carboxylic acids is 1. The fourth-order valence-electron chi connectivity index (χ4n) is 3.79. The molecular weight excluding hydrogens is 513 g/mol. The lowest BCUT2D eigenvalue weighted by atomic mass is 10.1. The molecular formula is C25H36IN5O. The van der Waals surface area contributed by atoms with Gasteiger partial charge < -0.3 is 15.1 Å². The molecule has 174 valence electrons. The molecule has 1 amide bonds. The lowest BCUT2D eigenvalue weighted by Gasteiger charge is -2.36. The van der Waals surface area contributed by atoms with E-state index in [-0.39, 0.29) is 29.9 Å². The van der Waals surface area contributed by atoms with Crippen molar-refractivity contribution in [3.8, 4) is 0 Å². The standard InChI is InChI=1S/C25H35N5O.HI/c1-4-26-25(27-14-13-21-11-8-12-23(19-21)24(31)28(2)3)30-17-15-29(16-18-30)20-22-9-6-5-7-10-22;/h5-12,19H,4,13-18,20H2,1-3H3,(H,26,27);1H. The van der Waals surface area contributed by atoms with Crippen molar-refractivity contribution >= 4 is 35.8 Å². The number of nitrogens with zero attached hydrogens (tertiary/aromatic N) is 4. The molecule has 3 rings (SSSR count). The first-order chi connectivity index (χ1) is 15.1. The largest absolute Gasteiger partial charge is 0.357 e. The van der Waals surface area contributed by atoms with Crippen molar-refractivity contribution in [2.24, 2.45) is 4.99 Å². The van der Waals surface area contributed by atoms with Gasteiger partial charge in [0.2, 0.25) is 0 Å². The topological polar surface area (TPSA) is 51.2 Å². The summed E-state index contributed by atoms with van der Waals surface area (Å²) in [7, 11) is 3.56. The minimum absolute atomic E-state index is 0. The first-order valence-electron chi connectivity index (χ1n) is 11.2. The van der Waals surface area contributed by atoms with Gasteiger partial charge in [-0.2, -0.15) is 0 Å². The minimum Gasteiger partial charge on any atom is -0.357 e. The van der Waals surface area contributed by atoms with Gasteiger partial charge in [0.05, 0.1) is 0 Å². The van der Waals surface area contributed by atoms with E-state index in [2.05, 4.69) is 58.4 Å². The van der Waals surface area contributed by atoms with E-state index in [0.29, 0.717) is 6.54 Å². The van der Waals surface area contributed by atoms with E-state index >= 15 is 0 Å². The molecule has 2 aromatic rings. The number of amides is 1. The molecule has 1 fully saturated rings. The lowest BCUT2D eigenvalue weighted by molar-refractivity contribution is 0.0827. The summed E-state index contributed by atoms with van der Waals surface area (Å²) >= 11 is 0. The second-order valence-electron chi connectivity index (χ2n) is 8.13. The van der Waals surface area contributed by atoms with Gasteiger partial charge in [-0.3, -0.25) is 14.7 Å². The summed E-state index contributed by atoms with van der Waals surface area (Å²) in [5, 5.41) is 3.44. The zero-order valence-corrected chi connectivity index (χ0v) is 21.8. The van der Waals surface area contributed by atoms with Gasteiger partial charge >= 0.3 is 0 Å². The molecule has 0 spiro atoms. The summed E-state index contributed by atoms with van der Waals surface area (Å²) in [5.74, 6) is 1.02. The van der Waals surface area contributed by atoms with Gasteiger partial charge in [0.15, 0.2) is 5.96 Å². The highest BCUT2D eigenvalue weighted by Crippen LogP contribution is 2.10. The third kappa shape index (κ3) is 7.78. The molecule has 32 heavy (non-hydrogen) atoms. The highest BCUT2D eigenvalue weighted by Gasteiger charge is 2.19. The maximum absolute atomic E-state index is 12.2. The van der Waals surface area contributed by atoms with Gasteiger partial charge in [-0.15, -0.1) is 24.0 Å². The van der Waals surface area contributed by atoms with Crippen molar-refractivity contribution in [3.63, 3.8) is 0 Å². The molecule has 1 aliphatic heterocycles. The first kappa shape index (κ1) is 26.1. The predicted molar refractivity (Wildman–Crippen MR) is 143 cm³/mol. The van der Waals surface area contributed by atoms with Gasteiger partial charge in [0.25, 0.3) is 5.91 Å². The smallest absolute Gasteiger partial charge is 0.253 e. The van der Waals surface area contributed by atoms with Gasteiger partial charge in [-0.05, 0) is 36.6 Å². The molecule has 7 heteroatoms. The van der Waals surface area contributed by atoms with E-state index in [4.69, 9.17) is 4.99 Å². The molecule has 0 aliphatic carbocycles. The van der Waals surface area contributed by atoms with E-state index < -0.39 is 0 Å². The Kier molecular flexibility index (Phi) is 11.0. The first-order valence-corrected chi connectivity index (χ1v) is 11.2. The molecule has 6 nitrogen and oxygen atoms in total. The fraction of sp³-hybridized carbons (Fsp3) is 0.440. The maximum atomic E-state index is 12.2. The van der Waals surface area contributed by atoms with Gasteiger partial charge in [-0.1, -0.05) is 42.5 Å². The molecule has 1 N–H and O–H groups in total. The molecule has 0 unspecified atom stereocenters. The summed E-state index contributed by atoms with van der Waals surface area (Å²) < 4.78 is 0. The van der Waals surface area contributed by atoms with E-state index in [0.717, 1.165) is 62.8 Å². The van der Waals surface area contributed by atoms with Crippen LogP contribution in [0.15, 0.2) is 59.6 Å². The Morgan fingerprint density at radius 3 is 2.34 bits per heavy atom. The molecule has 0 bridgehead atoms. The molecule has 1 aliphatic rings. The van der Waals surface area contributed by atoms with Crippen molar-refractivity contribution in [1.82, 2.24) is 20.0 Å². The Balaban J connectivity index is 0.00000363. The zero-order chi connectivity index (χ0) is 22.1. The summed E-state index contributed by atoms with van der Waals surface area (Å²) in [6.07, 6.45) is 0.817. The highest BCUT2D eigenvalue weighted by molar-refractivity contribution is 14.0. The van der Waals surface area contributed by atoms with Crippen LogP contribution in [0.25, 0.3) is 0 Å². The normalized spacial score (nSPS) is 14.6. The third-order valence-electron chi connectivity index (χ3n) is 5.50. The second kappa shape index (κ2) is 13.4. The molecule has 1 heterocycles. The van der Waals surface area contributed by atoms with Crippen LogP contribution in [-0.4, -0.2) is 79.9 Å². The molecule has 0 radical (unpaired) electrons. The number of piperazine rings is 1. The number of benzene rings is 2. The van der Waals surface area contributed by atoms with Crippen molar-refractivity contribution in [1.29, 1.82) is 0 Å². The van der Waals surface area contributed by atoms with Crippen LogP contribution in [0.2, 0.25) is 0 Å². The van der Waals surface area contributed by atoms with E-state index in [9.17, 15) is 4.79 Å². The number of aliphatic imine (C=N–C) groups is 1. The second-order valence-corrected chi connectivity index (χ2v) is 8.13. The Labute approximate surface area is 209 Å². The lowest BCUT2D eigenvalue weighted by Crippen LogP contribution is -2.52. The number of nitrogens with one attached hydrogen (secondary N) is 1. The molecule has 2 aromatic carbocycles. The van der Waals surface area contributed by atoms with Gasteiger partial charge in [0, 0.05) is 65.5 Å². The Morgan fingerprint density at radius 2 is 1.69 bits per heavy atom. The fourth-order valence-corrected chi connectivity index (χ4v) is 3.79. The van der Waals surface area contributed by atoms with E-state index in [1.54, 1.807) is 19.0 Å². The Morgan fingerprint density at radius 1 is 1.00 bits per heavy atom. The number of rotatable bonds is 7. The van der Waals surface area contributed by atoms with Crippen LogP contribution in [0.4, 0.5) is 0 Å². The summed E-state index contributed by atoms with van der Waals surface area (Å²) in [5.41, 5.74) is 3.24. The van der Waals surface area contributed by atoms with Crippen molar-refractivity contribution in [2.75, 3.05) is 53.4 Å². The molecule has 0 atom stereocenters. The summed E-state index contributed by atoms with van der Waals surface area (Å²) in [4.78, 5) is 23.5.